The lowest BCUT2D eigenvalue weighted by molar-refractivity contribution is 0.0950. The van der Waals surface area contributed by atoms with Gasteiger partial charge < -0.3 is 20.3 Å². The number of hydrogen-bond acceptors (Lipinski definition) is 3. The summed E-state index contributed by atoms with van der Waals surface area (Å²) in [6, 6.07) is 20.1. The zero-order chi connectivity index (χ0) is 22.9. The second-order valence-corrected chi connectivity index (χ2v) is 7.21. The molecule has 0 aliphatic carbocycles. The minimum atomic E-state index is -0.361. The average Bonchev–Trinajstić information content (AvgIpc) is 2.80. The van der Waals surface area contributed by atoms with Gasteiger partial charge in [0, 0.05) is 37.0 Å². The number of urea groups is 1. The van der Waals surface area contributed by atoms with Crippen molar-refractivity contribution in [2.75, 3.05) is 19.0 Å². The predicted molar refractivity (Wildman–Crippen MR) is 122 cm³/mol. The lowest BCUT2D eigenvalue weighted by atomic mass is 10.1. The Morgan fingerprint density at radius 2 is 1.66 bits per heavy atom. The van der Waals surface area contributed by atoms with Crippen LogP contribution in [-0.4, -0.2) is 30.5 Å². The molecule has 0 heterocycles. The van der Waals surface area contributed by atoms with E-state index >= 15 is 0 Å². The third-order valence-electron chi connectivity index (χ3n) is 4.80. The number of ether oxygens (including phenoxy) is 1. The van der Waals surface area contributed by atoms with Crippen LogP contribution >= 0.6 is 0 Å². The van der Waals surface area contributed by atoms with Gasteiger partial charge in [-0.1, -0.05) is 30.3 Å². The largest absolute Gasteiger partial charge is 0.494 e. The number of rotatable bonds is 8. The molecule has 0 spiro atoms. The standard InChI is InChI=1S/C25H26FN3O3/c1-3-32-22-14-8-18(9-15-22)17-29(2)25(31)28-21-12-10-19(11-13-21)24(30)27-16-20-6-4-5-7-23(20)26/h4-15H,3,16-17H2,1-2H3,(H,27,30)(H,28,31). The average molecular weight is 435 g/mol. The second-order valence-electron chi connectivity index (χ2n) is 7.21. The molecule has 0 aromatic heterocycles. The number of nitrogens with zero attached hydrogens (tertiary/aromatic N) is 1. The summed E-state index contributed by atoms with van der Waals surface area (Å²) < 4.78 is 19.1. The summed E-state index contributed by atoms with van der Waals surface area (Å²) in [7, 11) is 1.70. The number of carbonyl (C=O) groups is 2. The van der Waals surface area contributed by atoms with Gasteiger partial charge in [0.05, 0.1) is 6.61 Å². The first-order valence-electron chi connectivity index (χ1n) is 10.3. The van der Waals surface area contributed by atoms with E-state index in [0.717, 1.165) is 11.3 Å². The van der Waals surface area contributed by atoms with E-state index in [-0.39, 0.29) is 24.3 Å². The molecule has 6 nitrogen and oxygen atoms in total. The summed E-state index contributed by atoms with van der Waals surface area (Å²) >= 11 is 0. The third kappa shape index (κ3) is 6.31. The molecule has 3 aromatic carbocycles. The van der Waals surface area contributed by atoms with Crippen molar-refractivity contribution in [1.82, 2.24) is 10.2 Å². The first-order chi connectivity index (χ1) is 15.5. The zero-order valence-electron chi connectivity index (χ0n) is 18.1. The van der Waals surface area contributed by atoms with Crippen LogP contribution in [0.25, 0.3) is 0 Å². The lowest BCUT2D eigenvalue weighted by Gasteiger charge is -2.18. The molecule has 0 unspecified atom stereocenters. The van der Waals surface area contributed by atoms with Crippen LogP contribution < -0.4 is 15.4 Å². The molecule has 0 atom stereocenters. The fourth-order valence-corrected chi connectivity index (χ4v) is 3.05. The van der Waals surface area contributed by atoms with E-state index in [4.69, 9.17) is 4.74 Å². The highest BCUT2D eigenvalue weighted by Gasteiger charge is 2.11. The number of anilines is 1. The van der Waals surface area contributed by atoms with Crippen molar-refractivity contribution < 1.29 is 18.7 Å². The Labute approximate surface area is 187 Å². The van der Waals surface area contributed by atoms with Crippen LogP contribution in [0, 0.1) is 5.82 Å². The topological polar surface area (TPSA) is 70.7 Å². The van der Waals surface area contributed by atoms with Gasteiger partial charge in [-0.05, 0) is 55.0 Å². The van der Waals surface area contributed by atoms with Crippen LogP contribution in [0.2, 0.25) is 0 Å². The van der Waals surface area contributed by atoms with Crippen LogP contribution in [0.5, 0.6) is 5.75 Å². The van der Waals surface area contributed by atoms with Crippen molar-refractivity contribution in [2.24, 2.45) is 0 Å². The smallest absolute Gasteiger partial charge is 0.321 e. The predicted octanol–water partition coefficient (Wildman–Crippen LogP) is 4.82. The van der Waals surface area contributed by atoms with Gasteiger partial charge in [-0.2, -0.15) is 0 Å². The third-order valence-corrected chi connectivity index (χ3v) is 4.80. The molecule has 0 bridgehead atoms. The second kappa shape index (κ2) is 10.9. The molecule has 2 N–H and O–H groups in total. The Hall–Kier alpha value is -3.87. The Morgan fingerprint density at radius 3 is 2.31 bits per heavy atom. The maximum absolute atomic E-state index is 13.7. The van der Waals surface area contributed by atoms with E-state index in [2.05, 4.69) is 10.6 Å². The Morgan fingerprint density at radius 1 is 0.969 bits per heavy atom. The highest BCUT2D eigenvalue weighted by Crippen LogP contribution is 2.15. The SMILES string of the molecule is CCOc1ccc(CN(C)C(=O)Nc2ccc(C(=O)NCc3ccccc3F)cc2)cc1. The zero-order valence-corrected chi connectivity index (χ0v) is 18.1. The van der Waals surface area contributed by atoms with Crippen molar-refractivity contribution in [3.05, 3.63) is 95.3 Å². The molecular formula is C25H26FN3O3. The van der Waals surface area contributed by atoms with E-state index in [1.54, 1.807) is 54.4 Å². The minimum absolute atomic E-state index is 0.0976. The first kappa shape index (κ1) is 22.8. The molecule has 0 radical (unpaired) electrons. The van der Waals surface area contributed by atoms with Gasteiger partial charge in [0.15, 0.2) is 0 Å². The van der Waals surface area contributed by atoms with Crippen LogP contribution in [0.4, 0.5) is 14.9 Å². The summed E-state index contributed by atoms with van der Waals surface area (Å²) in [4.78, 5) is 26.3. The maximum atomic E-state index is 13.7. The number of carbonyl (C=O) groups excluding carboxylic acids is 2. The van der Waals surface area contributed by atoms with Gasteiger partial charge in [-0.25, -0.2) is 9.18 Å². The molecule has 0 saturated carbocycles. The van der Waals surface area contributed by atoms with E-state index < -0.39 is 0 Å². The first-order valence-corrected chi connectivity index (χ1v) is 10.3. The molecule has 3 rings (SSSR count). The summed E-state index contributed by atoms with van der Waals surface area (Å²) in [5.41, 5.74) is 2.38. The molecule has 0 aliphatic heterocycles. The molecule has 166 valence electrons. The van der Waals surface area contributed by atoms with E-state index in [0.29, 0.717) is 30.0 Å². The number of halogens is 1. The van der Waals surface area contributed by atoms with Gasteiger partial charge in [-0.3, -0.25) is 4.79 Å². The van der Waals surface area contributed by atoms with Crippen molar-refractivity contribution >= 4 is 17.6 Å². The molecule has 32 heavy (non-hydrogen) atoms. The lowest BCUT2D eigenvalue weighted by Crippen LogP contribution is -2.30. The Bertz CT molecular complexity index is 1050. The minimum Gasteiger partial charge on any atom is -0.494 e. The quantitative estimate of drug-likeness (QED) is 0.533. The molecule has 0 fully saturated rings. The van der Waals surface area contributed by atoms with E-state index in [1.165, 1.54) is 6.07 Å². The Balaban J connectivity index is 1.51. The number of hydrogen-bond donors (Lipinski definition) is 2. The fourth-order valence-electron chi connectivity index (χ4n) is 3.05. The van der Waals surface area contributed by atoms with Crippen molar-refractivity contribution in [3.8, 4) is 5.75 Å². The van der Waals surface area contributed by atoms with Gasteiger partial charge in [0.2, 0.25) is 0 Å². The summed E-state index contributed by atoms with van der Waals surface area (Å²) in [5, 5.41) is 5.50. The number of benzene rings is 3. The van der Waals surface area contributed by atoms with Crippen LogP contribution in [-0.2, 0) is 13.1 Å². The van der Waals surface area contributed by atoms with E-state index in [1.807, 2.05) is 31.2 Å². The van der Waals surface area contributed by atoms with Crippen molar-refractivity contribution in [3.63, 3.8) is 0 Å². The highest BCUT2D eigenvalue weighted by molar-refractivity contribution is 5.95. The van der Waals surface area contributed by atoms with Gasteiger partial charge in [-0.15, -0.1) is 0 Å². The molecule has 3 amide bonds. The van der Waals surface area contributed by atoms with E-state index in [9.17, 15) is 14.0 Å². The number of amides is 3. The normalized spacial score (nSPS) is 10.3. The van der Waals surface area contributed by atoms with Crippen molar-refractivity contribution in [2.45, 2.75) is 20.0 Å². The van der Waals surface area contributed by atoms with Crippen LogP contribution in [0.1, 0.15) is 28.4 Å². The fraction of sp³-hybridized carbons (Fsp3) is 0.200. The molecule has 7 heteroatoms. The van der Waals surface area contributed by atoms with Crippen LogP contribution in [0.3, 0.4) is 0 Å². The summed E-state index contributed by atoms with van der Waals surface area (Å²) in [6.07, 6.45) is 0. The summed E-state index contributed by atoms with van der Waals surface area (Å²) in [5.74, 6) is 0.111. The molecular weight excluding hydrogens is 409 g/mol. The summed E-state index contributed by atoms with van der Waals surface area (Å²) in [6.45, 7) is 3.07. The molecule has 0 saturated heterocycles. The highest BCUT2D eigenvalue weighted by atomic mass is 19.1. The molecule has 0 aliphatic rings. The van der Waals surface area contributed by atoms with Gasteiger partial charge in [0.1, 0.15) is 11.6 Å². The van der Waals surface area contributed by atoms with Gasteiger partial charge in [0.25, 0.3) is 5.91 Å². The van der Waals surface area contributed by atoms with Gasteiger partial charge >= 0.3 is 6.03 Å². The Kier molecular flexibility index (Phi) is 7.80. The van der Waals surface area contributed by atoms with Crippen LogP contribution in [0.15, 0.2) is 72.8 Å². The number of nitrogens with one attached hydrogen (secondary N) is 2. The maximum Gasteiger partial charge on any atom is 0.321 e. The van der Waals surface area contributed by atoms with Crippen molar-refractivity contribution in [1.29, 1.82) is 0 Å². The monoisotopic (exact) mass is 435 g/mol. The molecule has 3 aromatic rings.